The Kier molecular flexibility index (Phi) is 4.98. The maximum absolute atomic E-state index is 12.2. The molecule has 2 aromatic rings. The highest BCUT2D eigenvalue weighted by atomic mass is 35.5. The number of nitrogens with one attached hydrogen (secondary N) is 2. The largest absolute Gasteiger partial charge is 0.347 e. The Bertz CT molecular complexity index is 605. The standard InChI is InChI=1S/C15H18N4O.ClH/c1-11-9-14(15(20)17-12-7-8-16-10-12)18-19(11)13-5-3-2-4-6-13;/h2-6,9,12,16H,7-8,10H2,1H3,(H,17,20);1H. The highest BCUT2D eigenvalue weighted by Gasteiger charge is 2.19. The van der Waals surface area contributed by atoms with Crippen molar-refractivity contribution < 1.29 is 4.79 Å². The topological polar surface area (TPSA) is 59.0 Å². The Hall–Kier alpha value is -1.85. The summed E-state index contributed by atoms with van der Waals surface area (Å²) in [5, 5.41) is 10.6. The van der Waals surface area contributed by atoms with E-state index in [-0.39, 0.29) is 24.4 Å². The van der Waals surface area contributed by atoms with Crippen LogP contribution in [0.4, 0.5) is 0 Å². The molecule has 112 valence electrons. The fourth-order valence-corrected chi connectivity index (χ4v) is 2.45. The number of nitrogens with zero attached hydrogens (tertiary/aromatic N) is 2. The van der Waals surface area contributed by atoms with Gasteiger partial charge in [0.1, 0.15) is 0 Å². The zero-order valence-corrected chi connectivity index (χ0v) is 12.7. The monoisotopic (exact) mass is 306 g/mol. The van der Waals surface area contributed by atoms with E-state index in [1.54, 1.807) is 4.68 Å². The van der Waals surface area contributed by atoms with Crippen molar-refractivity contribution in [3.63, 3.8) is 0 Å². The molecule has 1 amide bonds. The quantitative estimate of drug-likeness (QED) is 0.907. The molecule has 1 aliphatic heterocycles. The number of aryl methyl sites for hydroxylation is 1. The summed E-state index contributed by atoms with van der Waals surface area (Å²) < 4.78 is 1.79. The smallest absolute Gasteiger partial charge is 0.272 e. The van der Waals surface area contributed by atoms with Gasteiger partial charge in [-0.05, 0) is 38.1 Å². The lowest BCUT2D eigenvalue weighted by molar-refractivity contribution is 0.0934. The molecule has 1 fully saturated rings. The molecule has 1 aliphatic rings. The van der Waals surface area contributed by atoms with Gasteiger partial charge in [-0.15, -0.1) is 12.4 Å². The minimum absolute atomic E-state index is 0. The summed E-state index contributed by atoms with van der Waals surface area (Å²) in [6, 6.07) is 11.9. The van der Waals surface area contributed by atoms with E-state index in [0.29, 0.717) is 5.69 Å². The van der Waals surface area contributed by atoms with Gasteiger partial charge in [0.15, 0.2) is 5.69 Å². The van der Waals surface area contributed by atoms with E-state index in [4.69, 9.17) is 0 Å². The van der Waals surface area contributed by atoms with Crippen LogP contribution in [0, 0.1) is 6.92 Å². The number of para-hydroxylation sites is 1. The maximum atomic E-state index is 12.2. The minimum Gasteiger partial charge on any atom is -0.347 e. The third-order valence-corrected chi connectivity index (χ3v) is 3.52. The van der Waals surface area contributed by atoms with Crippen molar-refractivity contribution in [2.24, 2.45) is 0 Å². The number of aromatic nitrogens is 2. The molecule has 1 atom stereocenters. The molecule has 21 heavy (non-hydrogen) atoms. The number of carbonyl (C=O) groups excluding carboxylic acids is 1. The second-order valence-electron chi connectivity index (χ2n) is 5.08. The predicted molar refractivity (Wildman–Crippen MR) is 84.3 cm³/mol. The van der Waals surface area contributed by atoms with Crippen LogP contribution in [0.5, 0.6) is 0 Å². The van der Waals surface area contributed by atoms with Gasteiger partial charge in [-0.3, -0.25) is 4.79 Å². The van der Waals surface area contributed by atoms with Gasteiger partial charge in [0.05, 0.1) is 5.69 Å². The van der Waals surface area contributed by atoms with Crippen molar-refractivity contribution in [1.82, 2.24) is 20.4 Å². The fourth-order valence-electron chi connectivity index (χ4n) is 2.45. The lowest BCUT2D eigenvalue weighted by atomic mass is 10.2. The average Bonchev–Trinajstić information content (AvgIpc) is 3.09. The van der Waals surface area contributed by atoms with E-state index < -0.39 is 0 Å². The molecule has 1 aromatic heterocycles. The molecule has 0 spiro atoms. The van der Waals surface area contributed by atoms with Gasteiger partial charge in [0, 0.05) is 18.3 Å². The summed E-state index contributed by atoms with van der Waals surface area (Å²) in [6.45, 7) is 3.75. The molecule has 2 N–H and O–H groups in total. The molecule has 6 heteroatoms. The maximum Gasteiger partial charge on any atom is 0.272 e. The number of carbonyl (C=O) groups is 1. The Morgan fingerprint density at radius 1 is 1.38 bits per heavy atom. The number of hydrogen-bond donors (Lipinski definition) is 2. The Morgan fingerprint density at radius 3 is 2.81 bits per heavy atom. The Labute approximate surface area is 130 Å². The highest BCUT2D eigenvalue weighted by Crippen LogP contribution is 2.12. The van der Waals surface area contributed by atoms with Crippen LogP contribution in [0.2, 0.25) is 0 Å². The van der Waals surface area contributed by atoms with Crippen molar-refractivity contribution in [3.05, 3.63) is 47.8 Å². The summed E-state index contributed by atoms with van der Waals surface area (Å²) in [7, 11) is 0. The van der Waals surface area contributed by atoms with Gasteiger partial charge in [0.2, 0.25) is 0 Å². The lowest BCUT2D eigenvalue weighted by Crippen LogP contribution is -2.36. The van der Waals surface area contributed by atoms with Crippen LogP contribution < -0.4 is 10.6 Å². The van der Waals surface area contributed by atoms with Crippen molar-refractivity contribution in [2.75, 3.05) is 13.1 Å². The molecule has 0 bridgehead atoms. The molecule has 0 radical (unpaired) electrons. The summed E-state index contributed by atoms with van der Waals surface area (Å²) in [6.07, 6.45) is 0.976. The summed E-state index contributed by atoms with van der Waals surface area (Å²) in [5.74, 6) is -0.100. The molecular formula is C15H19ClN4O. The highest BCUT2D eigenvalue weighted by molar-refractivity contribution is 5.92. The Morgan fingerprint density at radius 2 is 2.14 bits per heavy atom. The zero-order valence-electron chi connectivity index (χ0n) is 11.9. The van der Waals surface area contributed by atoms with Gasteiger partial charge in [0.25, 0.3) is 5.91 Å². The molecule has 1 unspecified atom stereocenters. The van der Waals surface area contributed by atoms with Crippen LogP contribution in [-0.4, -0.2) is 34.8 Å². The van der Waals surface area contributed by atoms with Crippen LogP contribution >= 0.6 is 12.4 Å². The van der Waals surface area contributed by atoms with Gasteiger partial charge >= 0.3 is 0 Å². The van der Waals surface area contributed by atoms with Crippen molar-refractivity contribution in [3.8, 4) is 5.69 Å². The summed E-state index contributed by atoms with van der Waals surface area (Å²) in [4.78, 5) is 12.2. The molecule has 0 aliphatic carbocycles. The number of benzene rings is 1. The molecular weight excluding hydrogens is 288 g/mol. The first-order chi connectivity index (χ1) is 9.74. The van der Waals surface area contributed by atoms with Crippen molar-refractivity contribution >= 4 is 18.3 Å². The number of halogens is 1. The lowest BCUT2D eigenvalue weighted by Gasteiger charge is -2.09. The van der Waals surface area contributed by atoms with E-state index in [1.165, 1.54) is 0 Å². The summed E-state index contributed by atoms with van der Waals surface area (Å²) >= 11 is 0. The zero-order chi connectivity index (χ0) is 13.9. The average molecular weight is 307 g/mol. The SMILES string of the molecule is Cc1cc(C(=O)NC2CCNC2)nn1-c1ccccc1.Cl. The second-order valence-corrected chi connectivity index (χ2v) is 5.08. The van der Waals surface area contributed by atoms with Crippen LogP contribution in [0.1, 0.15) is 22.6 Å². The second kappa shape index (κ2) is 6.74. The van der Waals surface area contributed by atoms with E-state index in [9.17, 15) is 4.79 Å². The molecule has 1 saturated heterocycles. The third-order valence-electron chi connectivity index (χ3n) is 3.52. The number of rotatable bonds is 3. The third kappa shape index (κ3) is 3.43. The molecule has 0 saturated carbocycles. The fraction of sp³-hybridized carbons (Fsp3) is 0.333. The van der Waals surface area contributed by atoms with Crippen LogP contribution in [0.3, 0.4) is 0 Å². The number of amides is 1. The van der Waals surface area contributed by atoms with Crippen LogP contribution in [-0.2, 0) is 0 Å². The minimum atomic E-state index is -0.100. The van der Waals surface area contributed by atoms with Crippen molar-refractivity contribution in [1.29, 1.82) is 0 Å². The Balaban J connectivity index is 0.00000161. The summed E-state index contributed by atoms with van der Waals surface area (Å²) in [5.41, 5.74) is 2.38. The van der Waals surface area contributed by atoms with Gasteiger partial charge in [-0.25, -0.2) is 4.68 Å². The number of hydrogen-bond acceptors (Lipinski definition) is 3. The molecule has 3 rings (SSSR count). The first-order valence-electron chi connectivity index (χ1n) is 6.88. The van der Waals surface area contributed by atoms with Gasteiger partial charge < -0.3 is 10.6 Å². The normalized spacial score (nSPS) is 17.3. The van der Waals surface area contributed by atoms with Crippen LogP contribution in [0.15, 0.2) is 36.4 Å². The molecule has 1 aromatic carbocycles. The van der Waals surface area contributed by atoms with Gasteiger partial charge in [-0.2, -0.15) is 5.10 Å². The van der Waals surface area contributed by atoms with E-state index in [0.717, 1.165) is 30.9 Å². The van der Waals surface area contributed by atoms with E-state index in [1.807, 2.05) is 43.3 Å². The predicted octanol–water partition coefficient (Wildman–Crippen LogP) is 1.69. The van der Waals surface area contributed by atoms with E-state index >= 15 is 0 Å². The van der Waals surface area contributed by atoms with Gasteiger partial charge in [-0.1, -0.05) is 18.2 Å². The van der Waals surface area contributed by atoms with E-state index in [2.05, 4.69) is 15.7 Å². The van der Waals surface area contributed by atoms with Crippen molar-refractivity contribution in [2.45, 2.75) is 19.4 Å². The first-order valence-corrected chi connectivity index (χ1v) is 6.88. The first kappa shape index (κ1) is 15.5. The molecule has 5 nitrogen and oxygen atoms in total. The molecule has 2 heterocycles. The van der Waals surface area contributed by atoms with Crippen LogP contribution in [0.25, 0.3) is 5.69 Å².